The molecule has 145 valence electrons. The predicted octanol–water partition coefficient (Wildman–Crippen LogP) is 4.57. The molecule has 0 aliphatic carbocycles. The lowest BCUT2D eigenvalue weighted by Gasteiger charge is -2.38. The van der Waals surface area contributed by atoms with Gasteiger partial charge in [0.25, 0.3) is 0 Å². The van der Waals surface area contributed by atoms with E-state index in [4.69, 9.17) is 9.39 Å². The van der Waals surface area contributed by atoms with Gasteiger partial charge in [-0.25, -0.2) is 9.18 Å². The SMILES string of the molecule is CCC.CCOC(=O)/C=C/c1ccc([B]OC(C)(C)C(C)(C)S)c(F)c1. The fourth-order valence-corrected chi connectivity index (χ4v) is 1.50. The van der Waals surface area contributed by atoms with Gasteiger partial charge in [0, 0.05) is 10.8 Å². The summed E-state index contributed by atoms with van der Waals surface area (Å²) in [4.78, 5) is 11.2. The number of carbonyl (C=O) groups excluding carboxylic acids is 1. The van der Waals surface area contributed by atoms with Crippen molar-refractivity contribution in [3.63, 3.8) is 0 Å². The number of ether oxygens (including phenoxy) is 1. The van der Waals surface area contributed by atoms with Crippen molar-refractivity contribution >= 4 is 37.6 Å². The summed E-state index contributed by atoms with van der Waals surface area (Å²) >= 11 is 4.50. The van der Waals surface area contributed by atoms with Gasteiger partial charge in [-0.2, -0.15) is 12.6 Å². The first kappa shape index (κ1) is 24.7. The van der Waals surface area contributed by atoms with E-state index in [-0.39, 0.29) is 4.75 Å². The van der Waals surface area contributed by atoms with Crippen LogP contribution in [0.15, 0.2) is 24.3 Å². The van der Waals surface area contributed by atoms with Crippen molar-refractivity contribution in [3.05, 3.63) is 35.7 Å². The van der Waals surface area contributed by atoms with Crippen LogP contribution in [0.3, 0.4) is 0 Å². The van der Waals surface area contributed by atoms with Gasteiger partial charge < -0.3 is 9.39 Å². The Morgan fingerprint density at radius 3 is 2.27 bits per heavy atom. The second-order valence-electron chi connectivity index (χ2n) is 6.88. The summed E-state index contributed by atoms with van der Waals surface area (Å²) in [5, 5.41) is 0. The number of hydrogen-bond acceptors (Lipinski definition) is 4. The van der Waals surface area contributed by atoms with E-state index in [0.717, 1.165) is 0 Å². The maximum atomic E-state index is 14.1. The van der Waals surface area contributed by atoms with E-state index in [1.54, 1.807) is 19.1 Å². The van der Waals surface area contributed by atoms with Crippen molar-refractivity contribution in [3.8, 4) is 0 Å². The fourth-order valence-electron chi connectivity index (χ4n) is 1.45. The van der Waals surface area contributed by atoms with Crippen LogP contribution >= 0.6 is 12.6 Å². The quantitative estimate of drug-likeness (QED) is 0.325. The zero-order chi connectivity index (χ0) is 20.4. The van der Waals surface area contributed by atoms with Crippen LogP contribution in [-0.2, 0) is 14.2 Å². The van der Waals surface area contributed by atoms with Crippen molar-refractivity contribution in [1.29, 1.82) is 0 Å². The molecule has 0 fully saturated rings. The Balaban J connectivity index is 0.00000194. The third-order valence-electron chi connectivity index (χ3n) is 3.68. The van der Waals surface area contributed by atoms with E-state index < -0.39 is 17.4 Å². The molecule has 26 heavy (non-hydrogen) atoms. The van der Waals surface area contributed by atoms with Crippen molar-refractivity contribution in [2.45, 2.75) is 65.2 Å². The van der Waals surface area contributed by atoms with E-state index in [1.165, 1.54) is 32.1 Å². The van der Waals surface area contributed by atoms with Gasteiger partial charge in [0.2, 0.25) is 0 Å². The number of rotatable bonds is 7. The van der Waals surface area contributed by atoms with Crippen LogP contribution in [0.25, 0.3) is 6.08 Å². The second kappa shape index (κ2) is 11.4. The summed E-state index contributed by atoms with van der Waals surface area (Å²) in [6, 6.07) is 4.64. The van der Waals surface area contributed by atoms with Crippen LogP contribution in [0.1, 0.15) is 60.5 Å². The molecule has 3 nitrogen and oxygen atoms in total. The van der Waals surface area contributed by atoms with Crippen LogP contribution in [0, 0.1) is 5.82 Å². The van der Waals surface area contributed by atoms with Gasteiger partial charge >= 0.3 is 13.5 Å². The Labute approximate surface area is 164 Å². The van der Waals surface area contributed by atoms with E-state index in [9.17, 15) is 9.18 Å². The number of halogens is 1. The number of benzene rings is 1. The summed E-state index contributed by atoms with van der Waals surface area (Å²) in [5.41, 5.74) is 0.343. The molecular weight excluding hydrogens is 350 g/mol. The molecule has 1 rings (SSSR count). The highest BCUT2D eigenvalue weighted by Gasteiger charge is 2.34. The van der Waals surface area contributed by atoms with Gasteiger partial charge in [0.05, 0.1) is 12.2 Å². The van der Waals surface area contributed by atoms with Crippen LogP contribution < -0.4 is 5.46 Å². The van der Waals surface area contributed by atoms with Gasteiger partial charge in [0.1, 0.15) is 5.82 Å². The van der Waals surface area contributed by atoms with Crippen LogP contribution in [-0.4, -0.2) is 30.4 Å². The van der Waals surface area contributed by atoms with Gasteiger partial charge in [-0.15, -0.1) is 0 Å². The highest BCUT2D eigenvalue weighted by atomic mass is 32.1. The van der Waals surface area contributed by atoms with Crippen LogP contribution in [0.4, 0.5) is 4.39 Å². The molecular formula is C20H31BFO3S. The van der Waals surface area contributed by atoms with Crippen LogP contribution in [0.5, 0.6) is 0 Å². The highest BCUT2D eigenvalue weighted by Crippen LogP contribution is 2.30. The third-order valence-corrected chi connectivity index (χ3v) is 4.22. The Morgan fingerprint density at radius 1 is 1.23 bits per heavy atom. The first-order chi connectivity index (χ1) is 12.0. The Bertz CT molecular complexity index is 595. The van der Waals surface area contributed by atoms with Gasteiger partial charge in [-0.05, 0) is 57.8 Å². The number of thiol groups is 1. The molecule has 0 unspecified atom stereocenters. The monoisotopic (exact) mass is 381 g/mol. The van der Waals surface area contributed by atoms with Gasteiger partial charge in [-0.1, -0.05) is 32.4 Å². The van der Waals surface area contributed by atoms with E-state index in [1.807, 2.05) is 27.7 Å². The average molecular weight is 381 g/mol. The molecule has 0 saturated heterocycles. The summed E-state index contributed by atoms with van der Waals surface area (Å²) in [7, 11) is 1.39. The molecule has 0 atom stereocenters. The summed E-state index contributed by atoms with van der Waals surface area (Å²) in [6.07, 6.45) is 4.02. The Kier molecular flexibility index (Phi) is 10.9. The lowest BCUT2D eigenvalue weighted by molar-refractivity contribution is -0.137. The van der Waals surface area contributed by atoms with Crippen molar-refractivity contribution in [2.24, 2.45) is 0 Å². The van der Waals surface area contributed by atoms with E-state index in [0.29, 0.717) is 17.6 Å². The zero-order valence-electron chi connectivity index (χ0n) is 16.9. The van der Waals surface area contributed by atoms with Crippen LogP contribution in [0.2, 0.25) is 0 Å². The standard InChI is InChI=1S/C17H23BFO3S.C3H8/c1-6-21-15(20)10-8-12-7-9-13(14(19)11-12)18-22-16(2,3)17(4,5)23;1-3-2/h7-11,23H,6H2,1-5H3;3H2,1-2H3/b10-8+;. The molecule has 1 aromatic carbocycles. The smallest absolute Gasteiger partial charge is 0.333 e. The summed E-state index contributed by atoms with van der Waals surface area (Å²) in [5.74, 6) is -0.881. The molecule has 6 heteroatoms. The largest absolute Gasteiger partial charge is 0.463 e. The van der Waals surface area contributed by atoms with E-state index >= 15 is 0 Å². The van der Waals surface area contributed by atoms with E-state index in [2.05, 4.69) is 26.5 Å². The maximum absolute atomic E-state index is 14.1. The molecule has 1 aromatic rings. The third kappa shape index (κ3) is 8.90. The molecule has 0 aromatic heterocycles. The topological polar surface area (TPSA) is 35.5 Å². The molecule has 0 spiro atoms. The molecule has 0 heterocycles. The Morgan fingerprint density at radius 2 is 1.81 bits per heavy atom. The first-order valence-corrected chi connectivity index (χ1v) is 9.31. The predicted molar refractivity (Wildman–Crippen MR) is 112 cm³/mol. The molecule has 0 amide bonds. The van der Waals surface area contributed by atoms with Crippen molar-refractivity contribution in [2.75, 3.05) is 6.61 Å². The number of carbonyl (C=O) groups is 1. The number of esters is 1. The molecule has 1 radical (unpaired) electrons. The lowest BCUT2D eigenvalue weighted by atomic mass is 9.83. The summed E-state index contributed by atoms with van der Waals surface area (Å²) < 4.78 is 24.2. The minimum absolute atomic E-state index is 0.306. The minimum atomic E-state index is -0.564. The van der Waals surface area contributed by atoms with Crippen molar-refractivity contribution < 1.29 is 18.6 Å². The molecule has 0 bridgehead atoms. The lowest BCUT2D eigenvalue weighted by Crippen LogP contribution is -2.46. The first-order valence-electron chi connectivity index (χ1n) is 8.86. The summed E-state index contributed by atoms with van der Waals surface area (Å²) in [6.45, 7) is 13.9. The van der Waals surface area contributed by atoms with Gasteiger partial charge in [0.15, 0.2) is 0 Å². The minimum Gasteiger partial charge on any atom is -0.463 e. The fraction of sp³-hybridized carbons (Fsp3) is 0.550. The van der Waals surface area contributed by atoms with Gasteiger partial charge in [-0.3, -0.25) is 0 Å². The second-order valence-corrected chi connectivity index (χ2v) is 8.00. The van der Waals surface area contributed by atoms with Crippen molar-refractivity contribution in [1.82, 2.24) is 0 Å². The molecule has 0 saturated carbocycles. The number of hydrogen-bond donors (Lipinski definition) is 1. The average Bonchev–Trinajstić information content (AvgIpc) is 2.52. The Hall–Kier alpha value is -1.27. The molecule has 0 N–H and O–H groups in total. The zero-order valence-corrected chi connectivity index (χ0v) is 17.8. The molecule has 0 aliphatic rings. The normalized spacial score (nSPS) is 11.7. The maximum Gasteiger partial charge on any atom is 0.333 e. The highest BCUT2D eigenvalue weighted by molar-refractivity contribution is 7.81. The molecule has 0 aliphatic heterocycles.